The van der Waals surface area contributed by atoms with E-state index in [0.717, 1.165) is 12.8 Å². The van der Waals surface area contributed by atoms with Crippen LogP contribution in [0.2, 0.25) is 4.34 Å². The predicted molar refractivity (Wildman–Crippen MR) is 106 cm³/mol. The van der Waals surface area contributed by atoms with Crippen LogP contribution < -0.4 is 5.32 Å². The summed E-state index contributed by atoms with van der Waals surface area (Å²) in [5.41, 5.74) is 1.21. The average molecular weight is 408 g/mol. The van der Waals surface area contributed by atoms with Gasteiger partial charge in [0.15, 0.2) is 12.4 Å². The normalized spacial score (nSPS) is 11.6. The molecule has 1 atom stereocenters. The molecule has 0 aliphatic rings. The Hall–Kier alpha value is -2.18. The van der Waals surface area contributed by atoms with Crippen LogP contribution in [-0.4, -0.2) is 30.3 Å². The number of thiophene rings is 1. The number of rotatable bonds is 10. The van der Waals surface area contributed by atoms with Crippen molar-refractivity contribution >= 4 is 40.6 Å². The number of hydrogen-bond acceptors (Lipinski definition) is 5. The number of amides is 1. The SMILES string of the molecule is CC(CCc1ccccc1)NC(=O)COC(=O)CCC(=O)c1ccc(Cl)s1. The molecule has 0 aliphatic carbocycles. The maximum atomic E-state index is 11.9. The van der Waals surface area contributed by atoms with Crippen LogP contribution in [0.15, 0.2) is 42.5 Å². The van der Waals surface area contributed by atoms with Crippen LogP contribution in [0.3, 0.4) is 0 Å². The van der Waals surface area contributed by atoms with E-state index in [1.165, 1.54) is 16.9 Å². The largest absolute Gasteiger partial charge is 0.456 e. The van der Waals surface area contributed by atoms with Crippen LogP contribution in [-0.2, 0) is 20.7 Å². The number of ether oxygens (including phenoxy) is 1. The Bertz CT molecular complexity index is 775. The van der Waals surface area contributed by atoms with Crippen LogP contribution in [0.25, 0.3) is 0 Å². The van der Waals surface area contributed by atoms with Gasteiger partial charge in [-0.1, -0.05) is 41.9 Å². The lowest BCUT2D eigenvalue weighted by Crippen LogP contribution is -2.36. The molecule has 1 amide bonds. The lowest BCUT2D eigenvalue weighted by atomic mass is 10.1. The number of nitrogens with one attached hydrogen (secondary N) is 1. The lowest BCUT2D eigenvalue weighted by Gasteiger charge is -2.14. The van der Waals surface area contributed by atoms with Crippen LogP contribution in [0, 0.1) is 0 Å². The Kier molecular flexibility index (Phi) is 8.48. The van der Waals surface area contributed by atoms with E-state index in [0.29, 0.717) is 9.21 Å². The Morgan fingerprint density at radius 1 is 1.11 bits per heavy atom. The van der Waals surface area contributed by atoms with E-state index < -0.39 is 5.97 Å². The van der Waals surface area contributed by atoms with E-state index in [1.54, 1.807) is 12.1 Å². The maximum absolute atomic E-state index is 11.9. The number of benzene rings is 1. The fraction of sp³-hybridized carbons (Fsp3) is 0.350. The molecule has 5 nitrogen and oxygen atoms in total. The van der Waals surface area contributed by atoms with E-state index >= 15 is 0 Å². The number of carbonyl (C=O) groups excluding carboxylic acids is 3. The van der Waals surface area contributed by atoms with Crippen molar-refractivity contribution < 1.29 is 19.1 Å². The van der Waals surface area contributed by atoms with E-state index in [2.05, 4.69) is 5.32 Å². The quantitative estimate of drug-likeness (QED) is 0.476. The fourth-order valence-corrected chi connectivity index (χ4v) is 3.45. The molecule has 0 saturated heterocycles. The van der Waals surface area contributed by atoms with Gasteiger partial charge < -0.3 is 10.1 Å². The van der Waals surface area contributed by atoms with E-state index in [1.807, 2.05) is 37.3 Å². The standard InChI is InChI=1S/C20H22ClNO4S/c1-14(7-8-15-5-3-2-4-6-15)22-19(24)13-26-20(25)12-9-16(23)17-10-11-18(21)27-17/h2-6,10-11,14H,7-9,12-13H2,1H3,(H,22,24). The van der Waals surface area contributed by atoms with Gasteiger partial charge in [0.05, 0.1) is 15.6 Å². The number of ketones is 1. The summed E-state index contributed by atoms with van der Waals surface area (Å²) in [5, 5.41) is 2.80. The third-order valence-electron chi connectivity index (χ3n) is 3.88. The van der Waals surface area contributed by atoms with Crippen LogP contribution in [0.4, 0.5) is 0 Å². The van der Waals surface area contributed by atoms with Gasteiger partial charge in [0.1, 0.15) is 0 Å². The van der Waals surface area contributed by atoms with E-state index in [-0.39, 0.29) is 37.2 Å². The van der Waals surface area contributed by atoms with Gasteiger partial charge in [0.25, 0.3) is 5.91 Å². The molecule has 1 aromatic carbocycles. The first kappa shape index (κ1) is 21.1. The Morgan fingerprint density at radius 2 is 1.85 bits per heavy atom. The molecule has 1 aromatic heterocycles. The molecule has 7 heteroatoms. The zero-order valence-corrected chi connectivity index (χ0v) is 16.6. The van der Waals surface area contributed by atoms with Crippen molar-refractivity contribution in [3.8, 4) is 0 Å². The monoisotopic (exact) mass is 407 g/mol. The molecule has 1 N–H and O–H groups in total. The minimum absolute atomic E-state index is 0.0263. The molecule has 0 radical (unpaired) electrons. The molecule has 144 valence electrons. The number of carbonyl (C=O) groups is 3. The molecule has 27 heavy (non-hydrogen) atoms. The van der Waals surface area contributed by atoms with Gasteiger partial charge >= 0.3 is 5.97 Å². The summed E-state index contributed by atoms with van der Waals surface area (Å²) in [7, 11) is 0. The van der Waals surface area contributed by atoms with Gasteiger partial charge in [-0.2, -0.15) is 0 Å². The van der Waals surface area contributed by atoms with Crippen molar-refractivity contribution in [2.75, 3.05) is 6.61 Å². The van der Waals surface area contributed by atoms with Crippen LogP contribution >= 0.6 is 22.9 Å². The number of esters is 1. The van der Waals surface area contributed by atoms with Crippen molar-refractivity contribution in [1.29, 1.82) is 0 Å². The van der Waals surface area contributed by atoms with Crippen LogP contribution in [0.1, 0.15) is 41.4 Å². The molecular weight excluding hydrogens is 386 g/mol. The second-order valence-electron chi connectivity index (χ2n) is 6.18. The van der Waals surface area contributed by atoms with Gasteiger partial charge in [-0.05, 0) is 37.5 Å². The van der Waals surface area contributed by atoms with Crippen molar-refractivity contribution in [1.82, 2.24) is 5.32 Å². The molecule has 2 rings (SSSR count). The Labute approximate surface area is 167 Å². The number of halogens is 1. The van der Waals surface area contributed by atoms with Crippen molar-refractivity contribution in [2.24, 2.45) is 0 Å². The molecule has 0 saturated carbocycles. The molecular formula is C20H22ClNO4S. The fourth-order valence-electron chi connectivity index (χ4n) is 2.44. The van der Waals surface area contributed by atoms with Gasteiger partial charge in [0, 0.05) is 12.5 Å². The molecule has 0 aliphatic heterocycles. The minimum atomic E-state index is -0.571. The van der Waals surface area contributed by atoms with Crippen molar-refractivity contribution in [3.05, 3.63) is 57.2 Å². The summed E-state index contributed by atoms with van der Waals surface area (Å²) in [6, 6.07) is 13.3. The van der Waals surface area contributed by atoms with Gasteiger partial charge in [0.2, 0.25) is 0 Å². The summed E-state index contributed by atoms with van der Waals surface area (Å²) in [4.78, 5) is 36.0. The van der Waals surface area contributed by atoms with Gasteiger partial charge in [-0.25, -0.2) is 0 Å². The van der Waals surface area contributed by atoms with E-state index in [9.17, 15) is 14.4 Å². The first-order valence-electron chi connectivity index (χ1n) is 8.71. The van der Waals surface area contributed by atoms with Gasteiger partial charge in [-0.15, -0.1) is 11.3 Å². The smallest absolute Gasteiger partial charge is 0.306 e. The Morgan fingerprint density at radius 3 is 2.52 bits per heavy atom. The first-order valence-corrected chi connectivity index (χ1v) is 9.91. The maximum Gasteiger partial charge on any atom is 0.306 e. The summed E-state index contributed by atoms with van der Waals surface area (Å²) in [5.74, 6) is -1.08. The van der Waals surface area contributed by atoms with Gasteiger partial charge in [-0.3, -0.25) is 14.4 Å². The number of hydrogen-bond donors (Lipinski definition) is 1. The summed E-state index contributed by atoms with van der Waals surface area (Å²) in [6.45, 7) is 1.57. The summed E-state index contributed by atoms with van der Waals surface area (Å²) in [6.07, 6.45) is 1.62. The Balaban J connectivity index is 1.61. The van der Waals surface area contributed by atoms with Crippen LogP contribution in [0.5, 0.6) is 0 Å². The third kappa shape index (κ3) is 7.93. The zero-order chi connectivity index (χ0) is 19.6. The average Bonchev–Trinajstić information content (AvgIpc) is 3.10. The van der Waals surface area contributed by atoms with E-state index in [4.69, 9.17) is 16.3 Å². The predicted octanol–water partition coefficient (Wildman–Crippen LogP) is 4.05. The highest BCUT2D eigenvalue weighted by Gasteiger charge is 2.14. The highest BCUT2D eigenvalue weighted by Crippen LogP contribution is 2.22. The highest BCUT2D eigenvalue weighted by molar-refractivity contribution is 7.18. The number of Topliss-reactive ketones (excluding diaryl/α,β-unsaturated/α-hetero) is 1. The summed E-state index contributed by atoms with van der Waals surface area (Å²) < 4.78 is 5.46. The molecule has 1 unspecified atom stereocenters. The second kappa shape index (κ2) is 10.8. The minimum Gasteiger partial charge on any atom is -0.456 e. The zero-order valence-electron chi connectivity index (χ0n) is 15.1. The second-order valence-corrected chi connectivity index (χ2v) is 7.90. The topological polar surface area (TPSA) is 72.5 Å². The molecule has 0 fully saturated rings. The lowest BCUT2D eigenvalue weighted by molar-refractivity contribution is -0.148. The highest BCUT2D eigenvalue weighted by atomic mass is 35.5. The molecule has 2 aromatic rings. The molecule has 1 heterocycles. The molecule has 0 bridgehead atoms. The summed E-state index contributed by atoms with van der Waals surface area (Å²) >= 11 is 6.96. The van der Waals surface area contributed by atoms with Crippen molar-refractivity contribution in [3.63, 3.8) is 0 Å². The number of aryl methyl sites for hydroxylation is 1. The first-order chi connectivity index (χ1) is 12.9. The van der Waals surface area contributed by atoms with Crippen molar-refractivity contribution in [2.45, 2.75) is 38.6 Å². The third-order valence-corrected chi connectivity index (χ3v) is 5.16. The molecule has 0 spiro atoms.